The summed E-state index contributed by atoms with van der Waals surface area (Å²) in [6.07, 6.45) is 5.15. The molecule has 0 amide bonds. The lowest BCUT2D eigenvalue weighted by molar-refractivity contribution is -0.0868. The molecule has 0 N–H and O–H groups in total. The van der Waals surface area contributed by atoms with Gasteiger partial charge in [0.1, 0.15) is 0 Å². The van der Waals surface area contributed by atoms with Crippen molar-refractivity contribution in [3.8, 4) is 11.8 Å². The maximum absolute atomic E-state index is 5.24. The van der Waals surface area contributed by atoms with Crippen molar-refractivity contribution in [1.82, 2.24) is 0 Å². The molecule has 0 aliphatic rings. The summed E-state index contributed by atoms with van der Waals surface area (Å²) in [6, 6.07) is 0. The highest BCUT2D eigenvalue weighted by Crippen LogP contribution is 1.94. The van der Waals surface area contributed by atoms with Gasteiger partial charge in [-0.1, -0.05) is 24.1 Å². The molecule has 0 radical (unpaired) electrons. The van der Waals surface area contributed by atoms with Crippen LogP contribution < -0.4 is 0 Å². The molecule has 0 spiro atoms. The third-order valence-electron chi connectivity index (χ3n) is 1.20. The molecule has 0 heterocycles. The molecule has 2 nitrogen and oxygen atoms in total. The van der Waals surface area contributed by atoms with Gasteiger partial charge in [0.25, 0.3) is 0 Å². The van der Waals surface area contributed by atoms with Crippen molar-refractivity contribution < 1.29 is 9.47 Å². The van der Waals surface area contributed by atoms with Gasteiger partial charge in [0.05, 0.1) is 13.2 Å². The SMILES string of the molecule is C=CCC#CC(OCC=C)OCC=C. The van der Waals surface area contributed by atoms with Crippen molar-refractivity contribution in [2.75, 3.05) is 13.2 Å². The van der Waals surface area contributed by atoms with E-state index in [9.17, 15) is 0 Å². The highest BCUT2D eigenvalue weighted by molar-refractivity contribution is 5.05. The Morgan fingerprint density at radius 1 is 1.00 bits per heavy atom. The van der Waals surface area contributed by atoms with Crippen LogP contribution in [-0.2, 0) is 9.47 Å². The summed E-state index contributed by atoms with van der Waals surface area (Å²) in [5.41, 5.74) is 0. The fourth-order valence-corrected chi connectivity index (χ4v) is 0.657. The molecule has 14 heavy (non-hydrogen) atoms. The Balaban J connectivity index is 3.95. The summed E-state index contributed by atoms with van der Waals surface area (Å²) in [5.74, 6) is 5.70. The zero-order valence-corrected chi connectivity index (χ0v) is 8.37. The van der Waals surface area contributed by atoms with Crippen molar-refractivity contribution >= 4 is 0 Å². The minimum Gasteiger partial charge on any atom is -0.338 e. The summed E-state index contributed by atoms with van der Waals surface area (Å²) in [5, 5.41) is 0. The van der Waals surface area contributed by atoms with Crippen LogP contribution in [0.3, 0.4) is 0 Å². The standard InChI is InChI=1S/C12H16O2/c1-4-7-8-9-12(13-10-5-2)14-11-6-3/h4-6,12H,1-3,7,10-11H2. The van der Waals surface area contributed by atoms with Crippen LogP contribution in [0.1, 0.15) is 6.42 Å². The van der Waals surface area contributed by atoms with E-state index in [-0.39, 0.29) is 0 Å². The maximum Gasteiger partial charge on any atom is 0.223 e. The van der Waals surface area contributed by atoms with Gasteiger partial charge in [-0.15, -0.1) is 19.7 Å². The quantitative estimate of drug-likeness (QED) is 0.350. The van der Waals surface area contributed by atoms with Gasteiger partial charge in [-0.25, -0.2) is 0 Å². The molecule has 0 rings (SSSR count). The molecule has 0 aromatic heterocycles. The number of hydrogen-bond acceptors (Lipinski definition) is 2. The molecule has 0 aromatic carbocycles. The van der Waals surface area contributed by atoms with Gasteiger partial charge in [-0.2, -0.15) is 0 Å². The van der Waals surface area contributed by atoms with Crippen LogP contribution in [0.2, 0.25) is 0 Å². The van der Waals surface area contributed by atoms with E-state index >= 15 is 0 Å². The molecule has 0 aromatic rings. The molecule has 0 aliphatic heterocycles. The fraction of sp³-hybridized carbons (Fsp3) is 0.333. The van der Waals surface area contributed by atoms with E-state index in [0.717, 1.165) is 0 Å². The monoisotopic (exact) mass is 192 g/mol. The van der Waals surface area contributed by atoms with Gasteiger partial charge in [0.2, 0.25) is 6.29 Å². The topological polar surface area (TPSA) is 18.5 Å². The molecule has 0 atom stereocenters. The predicted molar refractivity (Wildman–Crippen MR) is 58.7 cm³/mol. The molecule has 2 heteroatoms. The summed E-state index contributed by atoms with van der Waals surface area (Å²) in [4.78, 5) is 0. The third kappa shape index (κ3) is 7.35. The first-order valence-electron chi connectivity index (χ1n) is 4.39. The van der Waals surface area contributed by atoms with Crippen molar-refractivity contribution in [2.24, 2.45) is 0 Å². The number of hydrogen-bond donors (Lipinski definition) is 0. The summed E-state index contributed by atoms with van der Waals surface area (Å²) in [7, 11) is 0. The van der Waals surface area contributed by atoms with Crippen LogP contribution in [0.4, 0.5) is 0 Å². The normalized spacial score (nSPS) is 8.93. The van der Waals surface area contributed by atoms with Gasteiger partial charge in [-0.05, 0) is 5.92 Å². The van der Waals surface area contributed by atoms with E-state index < -0.39 is 6.29 Å². The van der Waals surface area contributed by atoms with Gasteiger partial charge in [0, 0.05) is 6.42 Å². The smallest absolute Gasteiger partial charge is 0.223 e. The molecule has 0 saturated carbocycles. The lowest BCUT2D eigenvalue weighted by Crippen LogP contribution is -2.15. The van der Waals surface area contributed by atoms with Crippen LogP contribution in [0.25, 0.3) is 0 Å². The van der Waals surface area contributed by atoms with E-state index in [1.165, 1.54) is 0 Å². The van der Waals surface area contributed by atoms with Crippen LogP contribution in [0, 0.1) is 11.8 Å². The molecule has 0 bridgehead atoms. The molecule has 0 saturated heterocycles. The van der Waals surface area contributed by atoms with Crippen molar-refractivity contribution in [3.63, 3.8) is 0 Å². The van der Waals surface area contributed by atoms with Crippen LogP contribution in [0.15, 0.2) is 38.0 Å². The van der Waals surface area contributed by atoms with E-state index in [1.54, 1.807) is 18.2 Å². The Kier molecular flexibility index (Phi) is 8.88. The van der Waals surface area contributed by atoms with Crippen molar-refractivity contribution in [2.45, 2.75) is 12.7 Å². The first-order chi connectivity index (χ1) is 6.85. The van der Waals surface area contributed by atoms with Gasteiger partial charge >= 0.3 is 0 Å². The zero-order chi connectivity index (χ0) is 10.6. The van der Waals surface area contributed by atoms with E-state index in [4.69, 9.17) is 9.47 Å². The van der Waals surface area contributed by atoms with Gasteiger partial charge in [-0.3, -0.25) is 0 Å². The van der Waals surface area contributed by atoms with Crippen molar-refractivity contribution in [3.05, 3.63) is 38.0 Å². The summed E-state index contributed by atoms with van der Waals surface area (Å²) in [6.45, 7) is 11.5. The Bertz CT molecular complexity index is 220. The first-order valence-corrected chi connectivity index (χ1v) is 4.39. The summed E-state index contributed by atoms with van der Waals surface area (Å²) < 4.78 is 10.5. The Morgan fingerprint density at radius 3 is 2.00 bits per heavy atom. The Hall–Kier alpha value is -1.30. The maximum atomic E-state index is 5.24. The molecule has 0 unspecified atom stereocenters. The number of allylic oxidation sites excluding steroid dienone is 1. The highest BCUT2D eigenvalue weighted by atomic mass is 16.7. The first kappa shape index (κ1) is 12.7. The minimum atomic E-state index is -0.508. The largest absolute Gasteiger partial charge is 0.338 e. The zero-order valence-electron chi connectivity index (χ0n) is 8.37. The van der Waals surface area contributed by atoms with Crippen LogP contribution >= 0.6 is 0 Å². The Labute approximate surface area is 85.9 Å². The second-order valence-corrected chi connectivity index (χ2v) is 2.39. The highest BCUT2D eigenvalue weighted by Gasteiger charge is 2.01. The second-order valence-electron chi connectivity index (χ2n) is 2.39. The van der Waals surface area contributed by atoms with Crippen LogP contribution in [0.5, 0.6) is 0 Å². The van der Waals surface area contributed by atoms with Crippen LogP contribution in [-0.4, -0.2) is 19.5 Å². The minimum absolute atomic E-state index is 0.421. The lowest BCUT2D eigenvalue weighted by atomic mass is 10.4. The Morgan fingerprint density at radius 2 is 1.57 bits per heavy atom. The second kappa shape index (κ2) is 9.79. The molecular weight excluding hydrogens is 176 g/mol. The summed E-state index contributed by atoms with van der Waals surface area (Å²) >= 11 is 0. The van der Waals surface area contributed by atoms with E-state index in [1.807, 2.05) is 0 Å². The van der Waals surface area contributed by atoms with E-state index in [0.29, 0.717) is 19.6 Å². The van der Waals surface area contributed by atoms with Gasteiger partial charge < -0.3 is 9.47 Å². The predicted octanol–water partition coefficient (Wildman–Crippen LogP) is 2.30. The van der Waals surface area contributed by atoms with E-state index in [2.05, 4.69) is 31.6 Å². The molecule has 0 fully saturated rings. The number of rotatable bonds is 7. The average molecular weight is 192 g/mol. The van der Waals surface area contributed by atoms with Crippen molar-refractivity contribution in [1.29, 1.82) is 0 Å². The third-order valence-corrected chi connectivity index (χ3v) is 1.20. The number of ether oxygens (including phenoxy) is 2. The molecular formula is C12H16O2. The lowest BCUT2D eigenvalue weighted by Gasteiger charge is -2.09. The fourth-order valence-electron chi connectivity index (χ4n) is 0.657. The molecule has 76 valence electrons. The average Bonchev–Trinajstić information content (AvgIpc) is 2.21. The molecule has 0 aliphatic carbocycles. The van der Waals surface area contributed by atoms with Gasteiger partial charge in [0.15, 0.2) is 0 Å².